The lowest BCUT2D eigenvalue weighted by molar-refractivity contribution is -0.319. The van der Waals surface area contributed by atoms with Crippen LogP contribution in [0.2, 0.25) is 0 Å². The smallest absolute Gasteiger partial charge is 0.245 e. The van der Waals surface area contributed by atoms with Crippen molar-refractivity contribution in [3.8, 4) is 0 Å². The Kier molecular flexibility index (Phi) is 3.15. The number of hydrogen-bond acceptors (Lipinski definition) is 5. The van der Waals surface area contributed by atoms with Crippen molar-refractivity contribution >= 4 is 10.3 Å². The maximum atomic E-state index is 10.6. The summed E-state index contributed by atoms with van der Waals surface area (Å²) in [7, 11) is -4.67. The van der Waals surface area contributed by atoms with Crippen molar-refractivity contribution in [3.05, 3.63) is 46.0 Å². The molecule has 7 heteroatoms. The van der Waals surface area contributed by atoms with Gasteiger partial charge in [-0.2, -0.15) is 0 Å². The Balaban J connectivity index is 2.63. The van der Waals surface area contributed by atoms with Crippen molar-refractivity contribution in [2.75, 3.05) is 0 Å². The fraction of sp³-hybridized carbons (Fsp3) is 0.143. The van der Waals surface area contributed by atoms with Gasteiger partial charge in [0, 0.05) is 0 Å². The molecular weight excluding hydrogens is 210 g/mol. The highest BCUT2D eigenvalue weighted by molar-refractivity contribution is 7.80. The van der Waals surface area contributed by atoms with Crippen LogP contribution in [0.5, 0.6) is 0 Å². The van der Waals surface area contributed by atoms with E-state index in [1.54, 1.807) is 30.3 Å². The van der Waals surface area contributed by atoms with E-state index in [1.165, 1.54) is 0 Å². The normalized spacial score (nSPS) is 11.1. The Bertz CT molecular complexity index is 413. The maximum absolute atomic E-state index is 10.6. The van der Waals surface area contributed by atoms with Gasteiger partial charge < -0.3 is 0 Å². The van der Waals surface area contributed by atoms with Crippen molar-refractivity contribution < 1.29 is 16.9 Å². The molecular formula is C7H7NO5S. The maximum Gasteiger partial charge on any atom is 0.566 e. The number of rotatable bonds is 4. The summed E-state index contributed by atoms with van der Waals surface area (Å²) in [6.45, 7) is -0.329. The molecule has 0 radical (unpaired) electrons. The van der Waals surface area contributed by atoms with Gasteiger partial charge in [0.1, 0.15) is 0 Å². The van der Waals surface area contributed by atoms with Gasteiger partial charge in [-0.25, -0.2) is 14.3 Å². The second-order valence-electron chi connectivity index (χ2n) is 2.40. The molecule has 0 atom stereocenters. The lowest BCUT2D eigenvalue weighted by Crippen LogP contribution is -2.15. The van der Waals surface area contributed by atoms with Crippen molar-refractivity contribution in [1.82, 2.24) is 0 Å². The molecule has 1 aromatic rings. The first-order valence-corrected chi connectivity index (χ1v) is 4.97. The third-order valence-electron chi connectivity index (χ3n) is 1.40. The van der Waals surface area contributed by atoms with Crippen molar-refractivity contribution in [3.63, 3.8) is 0 Å². The lowest BCUT2D eigenvalue weighted by atomic mass is 10.2. The molecule has 0 aliphatic carbocycles. The second kappa shape index (κ2) is 4.16. The fourth-order valence-corrected chi connectivity index (χ4v) is 1.13. The number of hydrogen-bond donors (Lipinski definition) is 0. The molecule has 0 fully saturated rings. The summed E-state index contributed by atoms with van der Waals surface area (Å²) in [5, 5.41) is 9.93. The van der Waals surface area contributed by atoms with Crippen LogP contribution in [0.15, 0.2) is 30.3 Å². The van der Waals surface area contributed by atoms with Crippen LogP contribution in [0.1, 0.15) is 5.56 Å². The van der Waals surface area contributed by atoms with Crippen molar-refractivity contribution in [1.29, 1.82) is 0 Å². The zero-order chi connectivity index (χ0) is 10.6. The summed E-state index contributed by atoms with van der Waals surface area (Å²) >= 11 is 0. The molecule has 14 heavy (non-hydrogen) atoms. The Morgan fingerprint density at radius 1 is 1.29 bits per heavy atom. The molecule has 0 saturated heterocycles. The zero-order valence-corrected chi connectivity index (χ0v) is 7.81. The molecule has 1 rings (SSSR count). The minimum Gasteiger partial charge on any atom is -0.245 e. The molecule has 0 aliphatic heterocycles. The fourth-order valence-electron chi connectivity index (χ4n) is 0.760. The Hall–Kier alpha value is -1.47. The van der Waals surface area contributed by atoms with Crippen LogP contribution in [0.25, 0.3) is 0 Å². The van der Waals surface area contributed by atoms with E-state index in [2.05, 4.69) is 4.18 Å². The van der Waals surface area contributed by atoms with E-state index in [0.29, 0.717) is 5.56 Å². The van der Waals surface area contributed by atoms with E-state index in [-0.39, 0.29) is 6.61 Å². The second-order valence-corrected chi connectivity index (χ2v) is 3.79. The van der Waals surface area contributed by atoms with Crippen LogP contribution in [0, 0.1) is 10.1 Å². The summed E-state index contributed by atoms with van der Waals surface area (Å²) in [6.07, 6.45) is 0. The topological polar surface area (TPSA) is 86.5 Å². The van der Waals surface area contributed by atoms with Gasteiger partial charge in [-0.1, -0.05) is 30.3 Å². The number of benzene rings is 1. The molecule has 1 aromatic carbocycles. The molecule has 0 aliphatic rings. The quantitative estimate of drug-likeness (QED) is 0.548. The van der Waals surface area contributed by atoms with Gasteiger partial charge in [0.25, 0.3) is 0 Å². The highest BCUT2D eigenvalue weighted by Gasteiger charge is 2.24. The molecule has 0 unspecified atom stereocenters. The Morgan fingerprint density at radius 2 is 1.86 bits per heavy atom. The van der Waals surface area contributed by atoms with Crippen LogP contribution in [-0.2, 0) is 21.1 Å². The van der Waals surface area contributed by atoms with Crippen LogP contribution < -0.4 is 0 Å². The van der Waals surface area contributed by atoms with Gasteiger partial charge in [-0.15, -0.1) is 8.42 Å². The molecule has 0 saturated carbocycles. The first-order valence-electron chi connectivity index (χ1n) is 3.60. The summed E-state index contributed by atoms with van der Waals surface area (Å²) in [5.41, 5.74) is 0.554. The summed E-state index contributed by atoms with van der Waals surface area (Å²) in [5.74, 6) is 0. The Morgan fingerprint density at radius 3 is 2.36 bits per heavy atom. The molecule has 0 aromatic heterocycles. The molecule has 0 amide bonds. The lowest BCUT2D eigenvalue weighted by Gasteiger charge is -1.97. The SMILES string of the molecule is O=[N+]([O-])S(=O)(=O)OCc1ccccc1. The summed E-state index contributed by atoms with van der Waals surface area (Å²) < 4.78 is 23.9. The van der Waals surface area contributed by atoms with E-state index in [0.717, 1.165) is 0 Å². The van der Waals surface area contributed by atoms with Crippen LogP contribution in [0.3, 0.4) is 0 Å². The standard InChI is InChI=1S/C7H7NO5S/c9-8(10)14(11,12)13-6-7-4-2-1-3-5-7/h1-5H,6H2. The predicted molar refractivity (Wildman–Crippen MR) is 47.1 cm³/mol. The van der Waals surface area contributed by atoms with Crippen LogP contribution in [-0.4, -0.2) is 12.7 Å². The van der Waals surface area contributed by atoms with Gasteiger partial charge in [-0.3, -0.25) is 0 Å². The number of nitrogens with zero attached hydrogens (tertiary/aromatic N) is 1. The van der Waals surface area contributed by atoms with Gasteiger partial charge in [0.05, 0.1) is 6.61 Å². The average molecular weight is 217 g/mol. The minimum atomic E-state index is -4.67. The molecule has 0 spiro atoms. The first kappa shape index (κ1) is 10.6. The predicted octanol–water partition coefficient (Wildman–Crippen LogP) is 0.725. The van der Waals surface area contributed by atoms with Crippen molar-refractivity contribution in [2.24, 2.45) is 0 Å². The molecule has 76 valence electrons. The van der Waals surface area contributed by atoms with E-state index in [4.69, 9.17) is 0 Å². The third kappa shape index (κ3) is 2.79. The Labute approximate surface area is 80.5 Å². The third-order valence-corrected chi connectivity index (χ3v) is 2.18. The van der Waals surface area contributed by atoms with Crippen LogP contribution in [0.4, 0.5) is 0 Å². The molecule has 6 nitrogen and oxygen atoms in total. The van der Waals surface area contributed by atoms with E-state index in [9.17, 15) is 18.5 Å². The van der Waals surface area contributed by atoms with Gasteiger partial charge >= 0.3 is 10.3 Å². The van der Waals surface area contributed by atoms with Crippen LogP contribution >= 0.6 is 0 Å². The van der Waals surface area contributed by atoms with Crippen molar-refractivity contribution in [2.45, 2.75) is 6.61 Å². The zero-order valence-electron chi connectivity index (χ0n) is 6.99. The van der Waals surface area contributed by atoms with Gasteiger partial charge in [-0.05, 0) is 5.56 Å². The highest BCUT2D eigenvalue weighted by atomic mass is 32.2. The molecule has 0 bridgehead atoms. The first-order chi connectivity index (χ1) is 6.52. The largest absolute Gasteiger partial charge is 0.566 e. The van der Waals surface area contributed by atoms with E-state index < -0.39 is 14.6 Å². The summed E-state index contributed by atoms with van der Waals surface area (Å²) in [4.78, 5) is 9.93. The van der Waals surface area contributed by atoms with Gasteiger partial charge in [0.15, 0.2) is 4.33 Å². The summed E-state index contributed by atoms with van der Waals surface area (Å²) in [6, 6.07) is 8.31. The monoisotopic (exact) mass is 217 g/mol. The van der Waals surface area contributed by atoms with Gasteiger partial charge in [0.2, 0.25) is 0 Å². The highest BCUT2D eigenvalue weighted by Crippen LogP contribution is 2.04. The van der Waals surface area contributed by atoms with E-state index in [1.807, 2.05) is 0 Å². The molecule has 0 heterocycles. The number of nitro groups is 1. The molecule has 0 N–H and O–H groups in total. The minimum absolute atomic E-state index is 0.329. The van der Waals surface area contributed by atoms with E-state index >= 15 is 0 Å². The average Bonchev–Trinajstić information content (AvgIpc) is 2.16.